The summed E-state index contributed by atoms with van der Waals surface area (Å²) >= 11 is 0. The summed E-state index contributed by atoms with van der Waals surface area (Å²) in [5, 5.41) is 10.4. The van der Waals surface area contributed by atoms with Crippen molar-refractivity contribution in [1.82, 2.24) is 9.80 Å². The molecule has 2 aliphatic heterocycles. The molecule has 5 heteroatoms. The fraction of sp³-hybridized carbons (Fsp3) is 0.600. The van der Waals surface area contributed by atoms with Crippen molar-refractivity contribution in [3.8, 4) is 0 Å². The van der Waals surface area contributed by atoms with E-state index < -0.39 is 6.10 Å². The van der Waals surface area contributed by atoms with Crippen molar-refractivity contribution in [2.45, 2.75) is 44.6 Å². The predicted octanol–water partition coefficient (Wildman–Crippen LogP) is 2.01. The Labute approximate surface area is 149 Å². The quantitative estimate of drug-likeness (QED) is 0.802. The molecule has 0 spiro atoms. The highest BCUT2D eigenvalue weighted by Gasteiger charge is 2.33. The van der Waals surface area contributed by atoms with Crippen molar-refractivity contribution in [2.75, 3.05) is 26.2 Å². The molecule has 3 atom stereocenters. The molecular weight excluding hydrogens is 316 g/mol. The van der Waals surface area contributed by atoms with Gasteiger partial charge in [0.15, 0.2) is 0 Å². The van der Waals surface area contributed by atoms with Crippen LogP contribution in [-0.2, 0) is 9.59 Å². The van der Waals surface area contributed by atoms with Gasteiger partial charge in [0.25, 0.3) is 0 Å². The summed E-state index contributed by atoms with van der Waals surface area (Å²) in [7, 11) is 0. The molecule has 0 saturated carbocycles. The third-order valence-electron chi connectivity index (χ3n) is 5.59. The van der Waals surface area contributed by atoms with Crippen LogP contribution in [0.5, 0.6) is 0 Å². The Bertz CT molecular complexity index is 588. The first kappa shape index (κ1) is 18.1. The first-order valence-electron chi connectivity index (χ1n) is 9.37. The van der Waals surface area contributed by atoms with E-state index in [9.17, 15) is 14.7 Å². The number of amides is 2. The molecule has 25 heavy (non-hydrogen) atoms. The van der Waals surface area contributed by atoms with Crippen LogP contribution in [0, 0.1) is 5.92 Å². The van der Waals surface area contributed by atoms with Crippen molar-refractivity contribution in [3.63, 3.8) is 0 Å². The molecule has 5 nitrogen and oxygen atoms in total. The maximum absolute atomic E-state index is 11.7. The van der Waals surface area contributed by atoms with Gasteiger partial charge < -0.3 is 10.0 Å². The third-order valence-corrected chi connectivity index (χ3v) is 5.59. The van der Waals surface area contributed by atoms with Gasteiger partial charge in [-0.15, -0.1) is 0 Å². The summed E-state index contributed by atoms with van der Waals surface area (Å²) in [6, 6.07) is 10.7. The predicted molar refractivity (Wildman–Crippen MR) is 96.0 cm³/mol. The van der Waals surface area contributed by atoms with Gasteiger partial charge in [-0.05, 0) is 30.4 Å². The molecule has 0 unspecified atom stereocenters. The molecule has 2 aliphatic rings. The lowest BCUT2D eigenvalue weighted by Crippen LogP contribution is -2.46. The van der Waals surface area contributed by atoms with Crippen molar-refractivity contribution >= 4 is 11.8 Å². The largest absolute Gasteiger partial charge is 0.390 e. The van der Waals surface area contributed by atoms with E-state index in [0.29, 0.717) is 18.4 Å². The Morgan fingerprint density at radius 2 is 1.80 bits per heavy atom. The van der Waals surface area contributed by atoms with Gasteiger partial charge in [-0.3, -0.25) is 14.5 Å². The van der Waals surface area contributed by atoms with Crippen molar-refractivity contribution < 1.29 is 14.7 Å². The fourth-order valence-corrected chi connectivity index (χ4v) is 4.22. The molecule has 0 radical (unpaired) electrons. The number of carbonyl (C=O) groups is 2. The summed E-state index contributed by atoms with van der Waals surface area (Å²) in [4.78, 5) is 26.9. The molecule has 2 heterocycles. The molecule has 0 aliphatic carbocycles. The average Bonchev–Trinajstić information content (AvgIpc) is 2.94. The maximum Gasteiger partial charge on any atom is 0.229 e. The van der Waals surface area contributed by atoms with E-state index >= 15 is 0 Å². The summed E-state index contributed by atoms with van der Waals surface area (Å²) < 4.78 is 0. The van der Waals surface area contributed by atoms with Crippen LogP contribution >= 0.6 is 0 Å². The molecule has 1 aromatic carbocycles. The second-order valence-electron chi connectivity index (χ2n) is 7.29. The van der Waals surface area contributed by atoms with Gasteiger partial charge in [-0.2, -0.15) is 0 Å². The molecule has 2 amide bonds. The van der Waals surface area contributed by atoms with Crippen LogP contribution in [0.25, 0.3) is 0 Å². The summed E-state index contributed by atoms with van der Waals surface area (Å²) in [6.07, 6.45) is 2.08. The Hall–Kier alpha value is -1.72. The number of hydrogen-bond donors (Lipinski definition) is 1. The number of hydrogen-bond acceptors (Lipinski definition) is 4. The summed E-state index contributed by atoms with van der Waals surface area (Å²) in [5.41, 5.74) is 1.41. The van der Waals surface area contributed by atoms with Gasteiger partial charge in [0.05, 0.1) is 12.6 Å². The number of piperidine rings is 1. The van der Waals surface area contributed by atoms with E-state index in [1.807, 2.05) is 0 Å². The van der Waals surface area contributed by atoms with E-state index in [0.717, 1.165) is 25.9 Å². The number of nitrogens with zero attached hydrogens (tertiary/aromatic N) is 2. The van der Waals surface area contributed by atoms with Gasteiger partial charge in [0, 0.05) is 25.9 Å². The first-order valence-corrected chi connectivity index (χ1v) is 9.37. The number of carbonyl (C=O) groups excluding carboxylic acids is 2. The Balaban J connectivity index is 1.54. The smallest absolute Gasteiger partial charge is 0.229 e. The van der Waals surface area contributed by atoms with Crippen LogP contribution < -0.4 is 0 Å². The highest BCUT2D eigenvalue weighted by atomic mass is 16.3. The van der Waals surface area contributed by atoms with Crippen LogP contribution in [0.4, 0.5) is 0 Å². The number of imide groups is 1. The highest BCUT2D eigenvalue weighted by Crippen LogP contribution is 2.34. The molecule has 1 aromatic rings. The van der Waals surface area contributed by atoms with E-state index in [-0.39, 0.29) is 31.2 Å². The topological polar surface area (TPSA) is 60.9 Å². The van der Waals surface area contributed by atoms with Gasteiger partial charge in [-0.1, -0.05) is 43.7 Å². The molecule has 136 valence electrons. The van der Waals surface area contributed by atoms with Crippen LogP contribution in [-0.4, -0.2) is 59.0 Å². The van der Waals surface area contributed by atoms with Gasteiger partial charge in [0.1, 0.15) is 0 Å². The molecule has 3 rings (SSSR count). The van der Waals surface area contributed by atoms with Crippen molar-refractivity contribution in [3.05, 3.63) is 35.9 Å². The Morgan fingerprint density at radius 1 is 1.12 bits per heavy atom. The van der Waals surface area contributed by atoms with Gasteiger partial charge in [-0.25, -0.2) is 0 Å². The molecule has 1 N–H and O–H groups in total. The Morgan fingerprint density at radius 3 is 2.44 bits per heavy atom. The number of aliphatic hydroxyl groups excluding tert-OH is 1. The number of likely N-dealkylation sites (tertiary alicyclic amines) is 2. The number of aliphatic hydroxyl groups is 1. The average molecular weight is 344 g/mol. The monoisotopic (exact) mass is 344 g/mol. The lowest BCUT2D eigenvalue weighted by molar-refractivity contribution is -0.140. The minimum absolute atomic E-state index is 0.132. The second kappa shape index (κ2) is 8.11. The SMILES string of the molecule is CC[C@@H]1CN(C[C@H](O)CN2C(=O)CCC2=O)CC[C@@H]1c1ccccc1. The van der Waals surface area contributed by atoms with E-state index in [2.05, 4.69) is 42.2 Å². The number of β-amino-alcohol motifs (C(OH)–C–C–N with tert-alkyl or cyclic N) is 1. The van der Waals surface area contributed by atoms with Crippen molar-refractivity contribution in [1.29, 1.82) is 0 Å². The number of benzene rings is 1. The summed E-state index contributed by atoms with van der Waals surface area (Å²) in [5.74, 6) is 0.830. The third kappa shape index (κ3) is 4.28. The maximum atomic E-state index is 11.7. The molecule has 2 fully saturated rings. The first-order chi connectivity index (χ1) is 12.1. The molecule has 2 saturated heterocycles. The highest BCUT2D eigenvalue weighted by molar-refractivity contribution is 6.01. The normalized spacial score (nSPS) is 26.2. The van der Waals surface area contributed by atoms with Crippen LogP contribution in [0.2, 0.25) is 0 Å². The zero-order valence-corrected chi connectivity index (χ0v) is 14.9. The number of rotatable bonds is 6. The van der Waals surface area contributed by atoms with Gasteiger partial charge >= 0.3 is 0 Å². The van der Waals surface area contributed by atoms with E-state index in [1.165, 1.54) is 10.5 Å². The van der Waals surface area contributed by atoms with Crippen molar-refractivity contribution in [2.24, 2.45) is 5.92 Å². The van der Waals surface area contributed by atoms with Crippen LogP contribution in [0.3, 0.4) is 0 Å². The van der Waals surface area contributed by atoms with Crippen LogP contribution in [0.1, 0.15) is 44.1 Å². The Kier molecular flexibility index (Phi) is 5.86. The molecule has 0 bridgehead atoms. The molecule has 0 aromatic heterocycles. The minimum atomic E-state index is -0.670. The molecular formula is C20H28N2O3. The lowest BCUT2D eigenvalue weighted by Gasteiger charge is -2.39. The zero-order chi connectivity index (χ0) is 17.8. The zero-order valence-electron chi connectivity index (χ0n) is 14.9. The van der Waals surface area contributed by atoms with Crippen LogP contribution in [0.15, 0.2) is 30.3 Å². The van der Waals surface area contributed by atoms with E-state index in [4.69, 9.17) is 0 Å². The van der Waals surface area contributed by atoms with E-state index in [1.54, 1.807) is 0 Å². The summed E-state index contributed by atoms with van der Waals surface area (Å²) in [6.45, 7) is 4.77. The fourth-order valence-electron chi connectivity index (χ4n) is 4.22. The standard InChI is InChI=1S/C20H28N2O3/c1-2-15-12-21(11-10-18(15)16-6-4-3-5-7-16)13-17(23)14-22-19(24)8-9-20(22)25/h3-7,15,17-18,23H,2,8-14H2,1H3/t15-,17+,18+/m1/s1. The lowest BCUT2D eigenvalue weighted by atomic mass is 9.79. The minimum Gasteiger partial charge on any atom is -0.390 e. The van der Waals surface area contributed by atoms with Gasteiger partial charge in [0.2, 0.25) is 11.8 Å². The second-order valence-corrected chi connectivity index (χ2v) is 7.29.